The molecule has 1 fully saturated rings. The number of nitrogens with zero attached hydrogens (tertiary/aromatic N) is 3. The first-order chi connectivity index (χ1) is 13.2. The van der Waals surface area contributed by atoms with Gasteiger partial charge in [0.1, 0.15) is 0 Å². The summed E-state index contributed by atoms with van der Waals surface area (Å²) in [5, 5.41) is 3.89. The van der Waals surface area contributed by atoms with E-state index in [9.17, 15) is 4.79 Å². The van der Waals surface area contributed by atoms with Crippen LogP contribution in [0.15, 0.2) is 63.0 Å². The Kier molecular flexibility index (Phi) is 6.81. The lowest BCUT2D eigenvalue weighted by molar-refractivity contribution is 0.0658. The molecular formula is C20H26N4O2S. The average Bonchev–Trinajstić information content (AvgIpc) is 3.24. The Balaban J connectivity index is 1.45. The Morgan fingerprint density at radius 2 is 1.85 bits per heavy atom. The van der Waals surface area contributed by atoms with E-state index < -0.39 is 0 Å². The SMILES string of the molecule is CN=C(NCC(C)Sc1ccccc1)N1CCN(C(=O)c2ccco2)CC1. The van der Waals surface area contributed by atoms with Crippen LogP contribution in [0.2, 0.25) is 0 Å². The van der Waals surface area contributed by atoms with Crippen LogP contribution in [-0.4, -0.2) is 66.7 Å². The van der Waals surface area contributed by atoms with Crippen molar-refractivity contribution in [3.63, 3.8) is 0 Å². The van der Waals surface area contributed by atoms with Crippen molar-refractivity contribution in [2.24, 2.45) is 4.99 Å². The lowest BCUT2D eigenvalue weighted by Gasteiger charge is -2.36. The predicted molar refractivity (Wildman–Crippen MR) is 109 cm³/mol. The smallest absolute Gasteiger partial charge is 0.289 e. The first kappa shape index (κ1) is 19.4. The van der Waals surface area contributed by atoms with Gasteiger partial charge in [-0.15, -0.1) is 11.8 Å². The van der Waals surface area contributed by atoms with Gasteiger partial charge in [0.2, 0.25) is 0 Å². The minimum atomic E-state index is -0.0459. The number of hydrogen-bond acceptors (Lipinski definition) is 4. The van der Waals surface area contributed by atoms with Crippen molar-refractivity contribution >= 4 is 23.6 Å². The molecule has 0 bridgehead atoms. The van der Waals surface area contributed by atoms with E-state index in [0.717, 1.165) is 25.6 Å². The van der Waals surface area contributed by atoms with Crippen molar-refractivity contribution in [1.82, 2.24) is 15.1 Å². The predicted octanol–water partition coefficient (Wildman–Crippen LogP) is 2.79. The number of thioether (sulfide) groups is 1. The second-order valence-electron chi connectivity index (χ2n) is 6.43. The summed E-state index contributed by atoms with van der Waals surface area (Å²) in [4.78, 5) is 22.1. The van der Waals surface area contributed by atoms with Crippen LogP contribution in [-0.2, 0) is 0 Å². The number of rotatable bonds is 5. The fourth-order valence-corrected chi connectivity index (χ4v) is 3.96. The third-order valence-corrected chi connectivity index (χ3v) is 5.55. The highest BCUT2D eigenvalue weighted by Crippen LogP contribution is 2.22. The van der Waals surface area contributed by atoms with Crippen molar-refractivity contribution in [2.75, 3.05) is 39.8 Å². The summed E-state index contributed by atoms with van der Waals surface area (Å²) in [6.07, 6.45) is 1.53. The Bertz CT molecular complexity index is 741. The molecule has 1 N–H and O–H groups in total. The molecule has 1 aromatic heterocycles. The van der Waals surface area contributed by atoms with Crippen LogP contribution in [0.1, 0.15) is 17.5 Å². The van der Waals surface area contributed by atoms with Crippen molar-refractivity contribution in [3.05, 3.63) is 54.5 Å². The van der Waals surface area contributed by atoms with Gasteiger partial charge >= 0.3 is 0 Å². The summed E-state index contributed by atoms with van der Waals surface area (Å²) in [5.74, 6) is 1.24. The first-order valence-electron chi connectivity index (χ1n) is 9.17. The molecule has 1 aliphatic rings. The van der Waals surface area contributed by atoms with Gasteiger partial charge in [-0.2, -0.15) is 0 Å². The summed E-state index contributed by atoms with van der Waals surface area (Å²) < 4.78 is 5.21. The van der Waals surface area contributed by atoms with Gasteiger partial charge < -0.3 is 19.5 Å². The minimum Gasteiger partial charge on any atom is -0.459 e. The van der Waals surface area contributed by atoms with Crippen molar-refractivity contribution in [3.8, 4) is 0 Å². The van der Waals surface area contributed by atoms with Crippen LogP contribution >= 0.6 is 11.8 Å². The summed E-state index contributed by atoms with van der Waals surface area (Å²) >= 11 is 1.85. The third-order valence-electron chi connectivity index (χ3n) is 4.44. The molecule has 0 aliphatic carbocycles. The lowest BCUT2D eigenvalue weighted by Crippen LogP contribution is -2.54. The molecule has 0 saturated carbocycles. The molecule has 3 rings (SSSR count). The first-order valence-corrected chi connectivity index (χ1v) is 10.1. The van der Waals surface area contributed by atoms with E-state index in [2.05, 4.69) is 46.4 Å². The molecule has 1 unspecified atom stereocenters. The van der Waals surface area contributed by atoms with E-state index in [-0.39, 0.29) is 5.91 Å². The highest BCUT2D eigenvalue weighted by molar-refractivity contribution is 8.00. The van der Waals surface area contributed by atoms with Crippen molar-refractivity contribution < 1.29 is 9.21 Å². The van der Waals surface area contributed by atoms with Crippen LogP contribution in [0.5, 0.6) is 0 Å². The van der Waals surface area contributed by atoms with Crippen LogP contribution in [0, 0.1) is 0 Å². The van der Waals surface area contributed by atoms with Gasteiger partial charge in [0.15, 0.2) is 11.7 Å². The number of furan rings is 1. The number of amides is 1. The van der Waals surface area contributed by atoms with Crippen LogP contribution in [0.3, 0.4) is 0 Å². The topological polar surface area (TPSA) is 61.1 Å². The molecule has 2 aromatic rings. The van der Waals surface area contributed by atoms with Gasteiger partial charge in [-0.1, -0.05) is 25.1 Å². The third kappa shape index (κ3) is 5.29. The molecule has 2 heterocycles. The highest BCUT2D eigenvalue weighted by Gasteiger charge is 2.25. The van der Waals surface area contributed by atoms with Gasteiger partial charge in [-0.25, -0.2) is 0 Å². The van der Waals surface area contributed by atoms with E-state index >= 15 is 0 Å². The maximum Gasteiger partial charge on any atom is 0.289 e. The molecule has 144 valence electrons. The number of piperazine rings is 1. The molecule has 1 atom stereocenters. The molecule has 1 aliphatic heterocycles. The van der Waals surface area contributed by atoms with Gasteiger partial charge in [0.25, 0.3) is 5.91 Å². The zero-order chi connectivity index (χ0) is 19.1. The second-order valence-corrected chi connectivity index (χ2v) is 7.94. The Hall–Kier alpha value is -2.41. The zero-order valence-electron chi connectivity index (χ0n) is 15.8. The fraction of sp³-hybridized carbons (Fsp3) is 0.400. The summed E-state index contributed by atoms with van der Waals surface area (Å²) in [5.41, 5.74) is 0. The normalized spacial score (nSPS) is 16.3. The van der Waals surface area contributed by atoms with Crippen molar-refractivity contribution in [2.45, 2.75) is 17.1 Å². The summed E-state index contributed by atoms with van der Waals surface area (Å²) in [7, 11) is 1.80. The van der Waals surface area contributed by atoms with E-state index in [1.807, 2.05) is 22.7 Å². The number of carbonyl (C=O) groups excluding carboxylic acids is 1. The van der Waals surface area contributed by atoms with Crippen LogP contribution in [0.25, 0.3) is 0 Å². The quantitative estimate of drug-likeness (QED) is 0.486. The Morgan fingerprint density at radius 1 is 1.15 bits per heavy atom. The number of hydrogen-bond donors (Lipinski definition) is 1. The molecular weight excluding hydrogens is 360 g/mol. The van der Waals surface area contributed by atoms with E-state index in [1.165, 1.54) is 11.2 Å². The highest BCUT2D eigenvalue weighted by atomic mass is 32.2. The van der Waals surface area contributed by atoms with E-state index in [4.69, 9.17) is 4.42 Å². The van der Waals surface area contributed by atoms with Crippen LogP contribution < -0.4 is 5.32 Å². The Labute approximate surface area is 164 Å². The van der Waals surface area contributed by atoms with Crippen LogP contribution in [0.4, 0.5) is 0 Å². The maximum absolute atomic E-state index is 12.4. The standard InChI is InChI=1S/C20H26N4O2S/c1-16(27-17-7-4-3-5-8-17)15-22-20(21-2)24-12-10-23(11-13-24)19(25)18-9-6-14-26-18/h3-9,14,16H,10-13,15H2,1-2H3,(H,21,22). The van der Waals surface area contributed by atoms with E-state index in [1.54, 1.807) is 19.2 Å². The Morgan fingerprint density at radius 3 is 2.48 bits per heavy atom. The number of carbonyl (C=O) groups is 1. The number of aliphatic imine (C=N–C) groups is 1. The summed E-state index contributed by atoms with van der Waals surface area (Å²) in [6, 6.07) is 13.9. The van der Waals surface area contributed by atoms with E-state index in [0.29, 0.717) is 24.1 Å². The number of benzene rings is 1. The molecule has 1 saturated heterocycles. The second kappa shape index (κ2) is 9.50. The molecule has 0 radical (unpaired) electrons. The van der Waals surface area contributed by atoms with Gasteiger partial charge in [-0.05, 0) is 24.3 Å². The zero-order valence-corrected chi connectivity index (χ0v) is 16.6. The molecule has 1 amide bonds. The number of nitrogens with one attached hydrogen (secondary N) is 1. The molecule has 6 nitrogen and oxygen atoms in total. The summed E-state index contributed by atoms with van der Waals surface area (Å²) in [6.45, 7) is 5.87. The molecule has 7 heteroatoms. The average molecular weight is 387 g/mol. The van der Waals surface area contributed by atoms with Gasteiger partial charge in [0, 0.05) is 49.9 Å². The molecule has 1 aromatic carbocycles. The van der Waals surface area contributed by atoms with Gasteiger partial charge in [0.05, 0.1) is 6.26 Å². The maximum atomic E-state index is 12.4. The fourth-order valence-electron chi connectivity index (χ4n) is 3.02. The van der Waals surface area contributed by atoms with Gasteiger partial charge in [-0.3, -0.25) is 9.79 Å². The lowest BCUT2D eigenvalue weighted by atomic mass is 10.3. The minimum absolute atomic E-state index is 0.0459. The molecule has 0 spiro atoms. The largest absolute Gasteiger partial charge is 0.459 e. The molecule has 27 heavy (non-hydrogen) atoms. The monoisotopic (exact) mass is 386 g/mol. The number of guanidine groups is 1. The van der Waals surface area contributed by atoms with Crippen molar-refractivity contribution in [1.29, 1.82) is 0 Å².